The molecule has 54 heavy (non-hydrogen) atoms. The number of aromatic nitrogens is 4. The molecule has 0 aliphatic heterocycles. The number of benzene rings is 6. The molecule has 0 saturated carbocycles. The molecular weight excluding hydrogens is 649 g/mol. The van der Waals surface area contributed by atoms with Crippen molar-refractivity contribution >= 4 is 177 Å². The summed E-state index contributed by atoms with van der Waals surface area (Å²) in [6, 6.07) is 28.4. The lowest BCUT2D eigenvalue weighted by molar-refractivity contribution is 0.669. The van der Waals surface area contributed by atoms with E-state index in [9.17, 15) is 0 Å². The highest BCUT2D eigenvalue weighted by Crippen LogP contribution is 2.36. The van der Waals surface area contributed by atoms with Gasteiger partial charge in [-0.2, -0.15) is 0 Å². The van der Waals surface area contributed by atoms with Gasteiger partial charge in [-0.25, -0.2) is 15.0 Å². The number of nitrogens with zero attached hydrogens (tertiary/aromatic N) is 4. The first-order valence-corrected chi connectivity index (χ1v) is 16.7. The zero-order valence-electron chi connectivity index (χ0n) is 28.6. The van der Waals surface area contributed by atoms with Gasteiger partial charge in [0.1, 0.15) is 89.6 Å². The van der Waals surface area contributed by atoms with Crippen molar-refractivity contribution in [2.24, 2.45) is 0 Å². The summed E-state index contributed by atoms with van der Waals surface area (Å²) < 4.78 is 8.55. The molecule has 0 aliphatic carbocycles. The van der Waals surface area contributed by atoms with Gasteiger partial charge >= 0.3 is 0 Å². The maximum atomic E-state index is 6.48. The van der Waals surface area contributed by atoms with Crippen LogP contribution in [0.2, 0.25) is 0 Å². The van der Waals surface area contributed by atoms with Crippen LogP contribution in [0.5, 0.6) is 0 Å². The lowest BCUT2D eigenvalue weighted by Crippen LogP contribution is -2.55. The van der Waals surface area contributed by atoms with Gasteiger partial charge in [0.25, 0.3) is 0 Å². The molecule has 0 aliphatic rings. The highest BCUT2D eigenvalue weighted by atomic mass is 16.3. The van der Waals surface area contributed by atoms with Gasteiger partial charge in [-0.05, 0) is 48.5 Å². The minimum atomic E-state index is 0.0157. The number of rotatable bonds is 4. The van der Waals surface area contributed by atoms with Crippen LogP contribution in [0.15, 0.2) is 89.3 Å². The van der Waals surface area contributed by atoms with Crippen LogP contribution in [0.3, 0.4) is 0 Å². The zero-order chi connectivity index (χ0) is 37.7. The number of fused-ring (bicyclic) bond motifs is 6. The zero-order valence-corrected chi connectivity index (χ0v) is 28.6. The lowest BCUT2D eigenvalue weighted by atomic mass is 9.60. The third kappa shape index (κ3) is 5.04. The van der Waals surface area contributed by atoms with Crippen molar-refractivity contribution in [2.75, 3.05) is 0 Å². The largest absolute Gasteiger partial charge is 0.456 e. The van der Waals surface area contributed by atoms with Gasteiger partial charge in [0, 0.05) is 43.9 Å². The van der Waals surface area contributed by atoms with E-state index in [1.165, 1.54) is 0 Å². The van der Waals surface area contributed by atoms with E-state index in [1.54, 1.807) is 0 Å². The second kappa shape index (κ2) is 12.6. The summed E-state index contributed by atoms with van der Waals surface area (Å²) in [6.07, 6.45) is 0. The van der Waals surface area contributed by atoms with Crippen molar-refractivity contribution in [1.82, 2.24) is 19.5 Å². The van der Waals surface area contributed by atoms with Gasteiger partial charge in [-0.3, -0.25) is 0 Å². The van der Waals surface area contributed by atoms with Gasteiger partial charge in [-0.1, -0.05) is 58.2 Å². The molecule has 3 aromatic heterocycles. The Balaban J connectivity index is 1.29. The molecule has 0 unspecified atom stereocenters. The Morgan fingerprint density at radius 1 is 0.389 bits per heavy atom. The van der Waals surface area contributed by atoms with Crippen molar-refractivity contribution in [1.29, 1.82) is 0 Å². The minimum absolute atomic E-state index is 0.0157. The molecule has 0 amide bonds. The number of furan rings is 1. The Kier molecular flexibility index (Phi) is 8.00. The molecule has 20 radical (unpaired) electrons. The van der Waals surface area contributed by atoms with Crippen molar-refractivity contribution in [2.45, 2.75) is 0 Å². The fraction of sp³-hybridized carbons (Fsp3) is 0. The summed E-state index contributed by atoms with van der Waals surface area (Å²) in [5.74, 6) is 0.231. The SMILES string of the molecule is [B]c1c([B])c([B])c(-c2nc(-c3ccc4oc5ccc(-n6c7ccccc7c7ccccc76)cc5c4c3)nc(-c3c([B])c([B])c([B])c([B])c3[B])n2)c([B])c1[B]. The van der Waals surface area contributed by atoms with E-state index in [-0.39, 0.29) is 83.2 Å². The maximum Gasteiger partial charge on any atom is 0.164 e. The van der Waals surface area contributed by atoms with E-state index in [2.05, 4.69) is 34.9 Å². The van der Waals surface area contributed by atoms with Crippen LogP contribution >= 0.6 is 0 Å². The first-order valence-electron chi connectivity index (χ1n) is 16.7. The van der Waals surface area contributed by atoms with Crippen LogP contribution in [0.4, 0.5) is 0 Å². The van der Waals surface area contributed by atoms with Crippen LogP contribution in [-0.4, -0.2) is 98.0 Å². The fourth-order valence-corrected chi connectivity index (χ4v) is 7.15. The van der Waals surface area contributed by atoms with Crippen molar-refractivity contribution in [3.05, 3.63) is 84.9 Å². The topological polar surface area (TPSA) is 56.7 Å². The molecule has 0 N–H and O–H groups in total. The first kappa shape index (κ1) is 34.4. The predicted molar refractivity (Wildman–Crippen MR) is 232 cm³/mol. The number of para-hydroxylation sites is 2. The molecule has 0 saturated heterocycles. The number of hydrogen-bond acceptors (Lipinski definition) is 4. The highest BCUT2D eigenvalue weighted by Gasteiger charge is 2.22. The van der Waals surface area contributed by atoms with Crippen LogP contribution in [0.1, 0.15) is 0 Å². The van der Waals surface area contributed by atoms with E-state index >= 15 is 0 Å². The molecule has 0 fully saturated rings. The monoisotopic (exact) mass is 664 g/mol. The fourth-order valence-electron chi connectivity index (χ4n) is 7.15. The van der Waals surface area contributed by atoms with Gasteiger partial charge in [0.15, 0.2) is 17.5 Å². The second-order valence-electron chi connectivity index (χ2n) is 13.1. The standard InChI is InChI=1S/C39H14B10N4O/c40-27-25(28(41)32(45)35(48)31(27)44)38-50-37(51-39(52-38)26-29(42)33(46)36(49)34(47)30(26)43)15-9-11-23-19(13-15)20-14-16(10-12-24(20)54-23)53-21-7-3-1-5-17(21)18-6-2-4-8-22(18)53/h1-14H. The van der Waals surface area contributed by atoms with Crippen LogP contribution < -0.4 is 54.6 Å². The molecule has 15 heteroatoms. The molecule has 0 spiro atoms. The molecular formula is C39H14B10N4O. The van der Waals surface area contributed by atoms with Crippen molar-refractivity contribution in [3.63, 3.8) is 0 Å². The van der Waals surface area contributed by atoms with Crippen LogP contribution in [-0.2, 0) is 0 Å². The number of hydrogen-bond donors (Lipinski definition) is 0. The molecule has 6 aromatic carbocycles. The van der Waals surface area contributed by atoms with E-state index < -0.39 is 0 Å². The average molecular weight is 663 g/mol. The molecule has 0 bridgehead atoms. The van der Waals surface area contributed by atoms with Gasteiger partial charge in [0.2, 0.25) is 0 Å². The van der Waals surface area contributed by atoms with E-state index in [0.29, 0.717) is 16.7 Å². The summed E-state index contributed by atoms with van der Waals surface area (Å²) in [4.78, 5) is 14.3. The summed E-state index contributed by atoms with van der Waals surface area (Å²) in [6.45, 7) is 0. The Morgan fingerprint density at radius 3 is 1.30 bits per heavy atom. The van der Waals surface area contributed by atoms with Gasteiger partial charge < -0.3 is 8.98 Å². The molecule has 226 valence electrons. The van der Waals surface area contributed by atoms with Crippen molar-refractivity contribution < 1.29 is 4.42 Å². The van der Waals surface area contributed by atoms with Gasteiger partial charge in [-0.15, -0.1) is 32.8 Å². The quantitative estimate of drug-likeness (QED) is 0.201. The second-order valence-corrected chi connectivity index (χ2v) is 13.1. The lowest BCUT2D eigenvalue weighted by Gasteiger charge is -2.22. The first-order chi connectivity index (χ1) is 25.9. The molecule has 5 nitrogen and oxygen atoms in total. The van der Waals surface area contributed by atoms with Crippen molar-refractivity contribution in [3.8, 4) is 39.9 Å². The molecule has 3 heterocycles. The smallest absolute Gasteiger partial charge is 0.164 e. The Morgan fingerprint density at radius 2 is 0.796 bits per heavy atom. The highest BCUT2D eigenvalue weighted by molar-refractivity contribution is 6.69. The summed E-state index contributed by atoms with van der Waals surface area (Å²) >= 11 is 0. The third-order valence-corrected chi connectivity index (χ3v) is 10.0. The van der Waals surface area contributed by atoms with Gasteiger partial charge in [0.05, 0.1) is 11.0 Å². The summed E-state index contributed by atoms with van der Waals surface area (Å²) in [5.41, 5.74) is 5.59. The Bertz CT molecular complexity index is 2880. The normalized spacial score (nSPS) is 11.7. The Hall–Kier alpha value is -5.42. The summed E-state index contributed by atoms with van der Waals surface area (Å²) in [5, 5.41) is 4.01. The summed E-state index contributed by atoms with van der Waals surface area (Å²) in [7, 11) is 63.1. The maximum absolute atomic E-state index is 6.48. The Labute approximate surface area is 324 Å². The molecule has 9 aromatic rings. The predicted octanol–water partition coefficient (Wildman–Crippen LogP) is -2.19. The van der Waals surface area contributed by atoms with E-state index in [1.807, 2.05) is 54.6 Å². The van der Waals surface area contributed by atoms with Crippen LogP contribution in [0.25, 0.3) is 83.6 Å². The van der Waals surface area contributed by atoms with E-state index in [0.717, 1.165) is 38.3 Å². The minimum Gasteiger partial charge on any atom is -0.456 e. The van der Waals surface area contributed by atoms with E-state index in [4.69, 9.17) is 97.8 Å². The average Bonchev–Trinajstić information content (AvgIpc) is 3.73. The molecule has 9 rings (SSSR count). The van der Waals surface area contributed by atoms with Crippen LogP contribution in [0, 0.1) is 0 Å². The third-order valence-electron chi connectivity index (χ3n) is 10.0. The molecule has 0 atom stereocenters.